The Hall–Kier alpha value is -6.21. The first-order valence-corrected chi connectivity index (χ1v) is 29.8. The number of nitrogens with one attached hydrogen (secondary N) is 1. The van der Waals surface area contributed by atoms with Crippen LogP contribution in [0.15, 0.2) is 66.7 Å². The van der Waals surface area contributed by atoms with Gasteiger partial charge in [-0.2, -0.15) is 5.10 Å². The van der Waals surface area contributed by atoms with E-state index in [-0.39, 0.29) is 49.4 Å². The molecule has 3 saturated heterocycles. The molecule has 4 aromatic rings. The Labute approximate surface area is 483 Å². The lowest BCUT2D eigenvalue weighted by molar-refractivity contribution is -0.141. The number of carbonyl (C=O) groups excluding carboxylic acids is 5. The van der Waals surface area contributed by atoms with E-state index < -0.39 is 0 Å². The summed E-state index contributed by atoms with van der Waals surface area (Å²) in [5, 5.41) is 24.0. The van der Waals surface area contributed by atoms with Crippen LogP contribution >= 0.6 is 0 Å². The molecular weight excluding hydrogens is 1030 g/mol. The Morgan fingerprint density at radius 3 is 2.26 bits per heavy atom. The van der Waals surface area contributed by atoms with E-state index in [1.165, 1.54) is 7.11 Å². The minimum absolute atomic E-state index is 0.0171. The number of fused-ring (bicyclic) bond motifs is 1. The van der Waals surface area contributed by atoms with Gasteiger partial charge in [-0.05, 0) is 158 Å². The molecule has 0 saturated carbocycles. The van der Waals surface area contributed by atoms with E-state index in [4.69, 9.17) is 29.8 Å². The molecule has 4 aliphatic heterocycles. The minimum Gasteiger partial charge on any atom is -0.484 e. The molecule has 0 radical (unpaired) electrons. The quantitative estimate of drug-likeness (QED) is 0.0347. The van der Waals surface area contributed by atoms with E-state index in [1.807, 2.05) is 72.6 Å². The fourth-order valence-corrected chi connectivity index (χ4v) is 10.8. The number of piperazine rings is 1. The van der Waals surface area contributed by atoms with Crippen LogP contribution in [0.3, 0.4) is 0 Å². The number of likely N-dealkylation sites (tertiary alicyclic amines) is 2. The van der Waals surface area contributed by atoms with Gasteiger partial charge in [0.25, 0.3) is 5.91 Å². The Morgan fingerprint density at radius 2 is 1.60 bits per heavy atom. The van der Waals surface area contributed by atoms with Crippen molar-refractivity contribution in [2.45, 2.75) is 143 Å². The van der Waals surface area contributed by atoms with Crippen molar-refractivity contribution in [1.82, 2.24) is 34.8 Å². The highest BCUT2D eigenvalue weighted by atomic mass is 16.5. The summed E-state index contributed by atoms with van der Waals surface area (Å²) in [5.41, 5.74) is 7.23. The summed E-state index contributed by atoms with van der Waals surface area (Å²) in [5.74, 6) is 1.80. The fraction of sp³-hybridized carbons (Fsp3) is 0.603. The molecule has 81 heavy (non-hydrogen) atoms. The molecule has 0 bridgehead atoms. The van der Waals surface area contributed by atoms with Crippen molar-refractivity contribution in [3.8, 4) is 11.4 Å². The van der Waals surface area contributed by atoms with Crippen molar-refractivity contribution >= 4 is 42.0 Å². The van der Waals surface area contributed by atoms with Gasteiger partial charge in [-0.15, -0.1) is 0 Å². The van der Waals surface area contributed by atoms with E-state index in [2.05, 4.69) is 65.4 Å². The number of unbranched alkanes of at least 4 members (excludes halogenated alkanes) is 4. The number of pyridine rings is 1. The molecule has 3 unspecified atom stereocenters. The number of aldehydes is 1. The van der Waals surface area contributed by atoms with Crippen molar-refractivity contribution in [2.24, 2.45) is 5.92 Å². The molecule has 18 heteroatoms. The summed E-state index contributed by atoms with van der Waals surface area (Å²) >= 11 is 0. The van der Waals surface area contributed by atoms with Crippen LogP contribution in [0.1, 0.15) is 138 Å². The number of hydrogen-bond acceptors (Lipinski definition) is 14. The van der Waals surface area contributed by atoms with Crippen LogP contribution in [0.2, 0.25) is 0 Å². The molecule has 8 rings (SSSR count). The predicted molar refractivity (Wildman–Crippen MR) is 321 cm³/mol. The number of nitrogens with zero attached hydrogens (tertiary/aromatic N) is 8. The molecule has 0 spiro atoms. The Balaban J connectivity index is 0.000000451. The summed E-state index contributed by atoms with van der Waals surface area (Å²) in [6.45, 7) is 18.2. The molecule has 3 fully saturated rings. The lowest BCUT2D eigenvalue weighted by Crippen LogP contribution is -2.45. The molecule has 0 aliphatic carbocycles. The first-order chi connectivity index (χ1) is 39.5. The van der Waals surface area contributed by atoms with Crippen molar-refractivity contribution in [1.29, 1.82) is 0 Å². The summed E-state index contributed by atoms with van der Waals surface area (Å²) < 4.78 is 13.0. The number of carbonyl (C=O) groups is 5. The van der Waals surface area contributed by atoms with Crippen molar-refractivity contribution < 1.29 is 43.7 Å². The van der Waals surface area contributed by atoms with Crippen LogP contribution in [0.4, 0.5) is 11.5 Å². The highest BCUT2D eigenvalue weighted by Gasteiger charge is 2.30. The van der Waals surface area contributed by atoms with Gasteiger partial charge < -0.3 is 49.4 Å². The van der Waals surface area contributed by atoms with E-state index in [0.717, 1.165) is 194 Å². The van der Waals surface area contributed by atoms with Crippen LogP contribution in [0.25, 0.3) is 5.69 Å². The summed E-state index contributed by atoms with van der Waals surface area (Å²) in [4.78, 5) is 74.3. The lowest BCUT2D eigenvalue weighted by Gasteiger charge is -2.35. The molecule has 448 valence electrons. The molecule has 3 N–H and O–H groups in total. The molecule has 2 aromatic carbocycles. The van der Waals surface area contributed by atoms with Gasteiger partial charge in [0.15, 0.2) is 6.61 Å². The van der Waals surface area contributed by atoms with Crippen LogP contribution < -0.4 is 19.9 Å². The highest BCUT2D eigenvalue weighted by molar-refractivity contribution is 5.94. The largest absolute Gasteiger partial charge is 0.484 e. The zero-order valence-electron chi connectivity index (χ0n) is 50.2. The first-order valence-electron chi connectivity index (χ1n) is 29.8. The number of aromatic nitrogens is 3. The Bertz CT molecular complexity index is 2470. The Morgan fingerprint density at radius 1 is 0.852 bits per heavy atom. The molecule has 3 atom stereocenters. The van der Waals surface area contributed by atoms with Gasteiger partial charge in [-0.3, -0.25) is 24.1 Å². The second kappa shape index (κ2) is 37.7. The Kier molecular flexibility index (Phi) is 31.3. The van der Waals surface area contributed by atoms with Crippen LogP contribution in [0, 0.1) is 19.8 Å². The number of esters is 1. The first kappa shape index (κ1) is 67.3. The third-order valence-electron chi connectivity index (χ3n) is 15.2. The van der Waals surface area contributed by atoms with Gasteiger partial charge in [0, 0.05) is 95.3 Å². The second-order valence-corrected chi connectivity index (χ2v) is 21.0. The standard InChI is InChI=1S/C43H53N7O5.C12H24N2O2.C5H10O.C2H6.CH4O/c1-31-22-32(2)50(45-31)39-24-35(23-38(26-39)48-20-18-46(30-51)19-21-48)36(25-42(53)54-3)28-47-17-15-33(27-47)11-13-37-14-12-34-8-7-16-49(43(34)44-37)41(52)29-55-40-9-5-4-6-10-40;1-13-8-4-2-3-7-12(16)14-9-5-6-11(14)10-15;1-2-3-4-5-6;2*1-2/h4-6,9-10,12,14,22-24,26,30,33,36H,7-8,11,13,15-21,25,27-29H2,1-3H3;11,13,15H,2-10H2,1H3;5H,2-4H2,1H3;1-2H3;2H,1H3. The zero-order chi connectivity index (χ0) is 58.9. The average molecular weight is 1120 g/mol. The topological polar surface area (TPSA) is 203 Å². The summed E-state index contributed by atoms with van der Waals surface area (Å²) in [7, 11) is 4.40. The van der Waals surface area contributed by atoms with Gasteiger partial charge in [-0.25, -0.2) is 9.67 Å². The number of rotatable bonds is 24. The van der Waals surface area contributed by atoms with Crippen LogP contribution in [0.5, 0.6) is 5.75 Å². The SMILES string of the molecule is CC.CCCCC=O.CNCCCCCC(=O)N1CCCC1CO.CO.COC(=O)CC(CN1CCC(CCc2ccc3c(n2)N(C(=O)COc2ccccc2)CCC3)C1)c1cc(N2CCN(C=O)CC2)cc(-n2nc(C)cc2C)c1. The number of aryl methyl sites for hydroxylation is 4. The average Bonchev–Trinajstić information content (AvgIpc) is 4.41. The maximum Gasteiger partial charge on any atom is 0.306 e. The van der Waals surface area contributed by atoms with Crippen molar-refractivity contribution in [2.75, 3.05) is 110 Å². The third-order valence-corrected chi connectivity index (χ3v) is 15.2. The fourth-order valence-electron chi connectivity index (χ4n) is 10.8. The van der Waals surface area contributed by atoms with Crippen LogP contribution in [-0.2, 0) is 41.6 Å². The van der Waals surface area contributed by atoms with Gasteiger partial charge in [0.2, 0.25) is 12.3 Å². The number of aliphatic hydroxyl groups is 2. The molecule has 4 aliphatic rings. The third kappa shape index (κ3) is 21.9. The molecule has 2 aromatic heterocycles. The number of amides is 3. The normalized spacial score (nSPS) is 16.9. The summed E-state index contributed by atoms with van der Waals surface area (Å²) in [6, 6.07) is 22.4. The van der Waals surface area contributed by atoms with Gasteiger partial charge >= 0.3 is 5.97 Å². The van der Waals surface area contributed by atoms with Gasteiger partial charge in [0.1, 0.15) is 17.9 Å². The lowest BCUT2D eigenvalue weighted by atomic mass is 9.93. The molecule has 18 nitrogen and oxygen atoms in total. The van der Waals surface area contributed by atoms with Crippen molar-refractivity contribution in [3.05, 3.63) is 94.9 Å². The van der Waals surface area contributed by atoms with E-state index in [0.29, 0.717) is 37.7 Å². The molecular formula is C63H97N9O9. The number of hydrogen-bond donors (Lipinski definition) is 3. The monoisotopic (exact) mass is 1120 g/mol. The van der Waals surface area contributed by atoms with Gasteiger partial charge in [0.05, 0.1) is 37.6 Å². The molecule has 3 amide bonds. The minimum atomic E-state index is -0.226. The maximum absolute atomic E-state index is 13.3. The van der Waals surface area contributed by atoms with Crippen LogP contribution in [-0.4, -0.2) is 176 Å². The number of para-hydroxylation sites is 1. The summed E-state index contributed by atoms with van der Waals surface area (Å²) in [6.07, 6.45) is 15.6. The number of aliphatic hydroxyl groups excluding tert-OH is 2. The number of anilines is 2. The smallest absolute Gasteiger partial charge is 0.306 e. The second-order valence-electron chi connectivity index (χ2n) is 21.0. The van der Waals surface area contributed by atoms with Crippen molar-refractivity contribution in [3.63, 3.8) is 0 Å². The molecule has 6 heterocycles. The van der Waals surface area contributed by atoms with Gasteiger partial charge in [-0.1, -0.05) is 57.9 Å². The van der Waals surface area contributed by atoms with E-state index >= 15 is 0 Å². The maximum atomic E-state index is 13.3. The number of ether oxygens (including phenoxy) is 2. The van der Waals surface area contributed by atoms with E-state index in [1.54, 1.807) is 4.90 Å². The predicted octanol–water partition coefficient (Wildman–Crippen LogP) is 7.88. The van der Waals surface area contributed by atoms with E-state index in [9.17, 15) is 24.0 Å². The number of benzene rings is 2. The zero-order valence-corrected chi connectivity index (χ0v) is 50.2. The number of methoxy groups -OCH3 is 1. The highest BCUT2D eigenvalue weighted by Crippen LogP contribution is 2.33.